The molecule has 0 atom stereocenters. The molecule has 2 nitrogen and oxygen atoms in total. The molecule has 16 heavy (non-hydrogen) atoms. The zero-order chi connectivity index (χ0) is 12.2. The highest BCUT2D eigenvalue weighted by atomic mass is 35.5. The Hall–Kier alpha value is -0.670. The van der Waals surface area contributed by atoms with Crippen molar-refractivity contribution in [2.24, 2.45) is 5.41 Å². The lowest BCUT2D eigenvalue weighted by molar-refractivity contribution is -0.150. The topological polar surface area (TPSA) is 26.3 Å². The highest BCUT2D eigenvalue weighted by molar-refractivity contribution is 7.99. The van der Waals surface area contributed by atoms with E-state index in [1.54, 1.807) is 0 Å². The SMILES string of the molecule is CC(C)(C)C(=O)OCSc1ccc(Cl)cc1. The van der Waals surface area contributed by atoms with Crippen LogP contribution in [0, 0.1) is 5.41 Å². The zero-order valence-corrected chi connectivity index (χ0v) is 11.2. The molecule has 4 heteroatoms. The number of rotatable bonds is 3. The van der Waals surface area contributed by atoms with Crippen LogP contribution in [0.25, 0.3) is 0 Å². The standard InChI is InChI=1S/C12H15ClO2S/c1-12(2,3)11(14)15-8-16-10-6-4-9(13)5-7-10/h4-7H,8H2,1-3H3. The Kier molecular flexibility index (Phi) is 4.69. The van der Waals surface area contributed by atoms with Crippen molar-refractivity contribution >= 4 is 29.3 Å². The van der Waals surface area contributed by atoms with Gasteiger partial charge in [-0.3, -0.25) is 4.79 Å². The van der Waals surface area contributed by atoms with Gasteiger partial charge < -0.3 is 4.74 Å². The van der Waals surface area contributed by atoms with Gasteiger partial charge in [0.1, 0.15) is 5.94 Å². The van der Waals surface area contributed by atoms with Crippen LogP contribution in [0.3, 0.4) is 0 Å². The number of halogens is 1. The molecule has 88 valence electrons. The van der Waals surface area contributed by atoms with Crippen molar-refractivity contribution in [3.05, 3.63) is 29.3 Å². The molecular formula is C12H15ClO2S. The first kappa shape index (κ1) is 13.4. The van der Waals surface area contributed by atoms with Crippen molar-refractivity contribution in [3.8, 4) is 0 Å². The number of carbonyl (C=O) groups is 1. The second kappa shape index (κ2) is 5.60. The third-order valence-electron chi connectivity index (χ3n) is 1.84. The predicted molar refractivity (Wildman–Crippen MR) is 67.7 cm³/mol. The smallest absolute Gasteiger partial charge is 0.312 e. The maximum Gasteiger partial charge on any atom is 0.312 e. The lowest BCUT2D eigenvalue weighted by atomic mass is 9.98. The minimum atomic E-state index is -0.444. The molecule has 0 radical (unpaired) electrons. The lowest BCUT2D eigenvalue weighted by Gasteiger charge is -2.16. The predicted octanol–water partition coefficient (Wildman–Crippen LogP) is 3.98. The average Bonchev–Trinajstić information content (AvgIpc) is 2.19. The number of hydrogen-bond donors (Lipinski definition) is 0. The Morgan fingerprint density at radius 1 is 1.31 bits per heavy atom. The molecule has 0 heterocycles. The molecule has 1 aromatic carbocycles. The Balaban J connectivity index is 2.36. The highest BCUT2D eigenvalue weighted by Crippen LogP contribution is 2.22. The third kappa shape index (κ3) is 4.45. The van der Waals surface area contributed by atoms with Crippen LogP contribution in [0.5, 0.6) is 0 Å². The number of esters is 1. The van der Waals surface area contributed by atoms with Crippen LogP contribution >= 0.6 is 23.4 Å². The van der Waals surface area contributed by atoms with E-state index in [2.05, 4.69) is 0 Å². The van der Waals surface area contributed by atoms with Crippen molar-refractivity contribution < 1.29 is 9.53 Å². The first-order chi connectivity index (χ1) is 7.39. The van der Waals surface area contributed by atoms with Gasteiger partial charge in [-0.15, -0.1) is 0 Å². The van der Waals surface area contributed by atoms with E-state index in [-0.39, 0.29) is 5.97 Å². The van der Waals surface area contributed by atoms with E-state index in [0.29, 0.717) is 11.0 Å². The molecule has 1 aromatic rings. The fourth-order valence-electron chi connectivity index (χ4n) is 0.898. The van der Waals surface area contributed by atoms with Crippen LogP contribution in [-0.4, -0.2) is 11.9 Å². The van der Waals surface area contributed by atoms with Crippen molar-refractivity contribution in [1.82, 2.24) is 0 Å². The first-order valence-corrected chi connectivity index (χ1v) is 6.31. The fourth-order valence-corrected chi connectivity index (χ4v) is 1.65. The summed E-state index contributed by atoms with van der Waals surface area (Å²) in [6, 6.07) is 7.43. The minimum Gasteiger partial charge on any atom is -0.454 e. The summed E-state index contributed by atoms with van der Waals surface area (Å²) in [5.41, 5.74) is -0.444. The summed E-state index contributed by atoms with van der Waals surface area (Å²) in [5, 5.41) is 0.705. The second-order valence-electron chi connectivity index (χ2n) is 4.40. The zero-order valence-electron chi connectivity index (χ0n) is 9.62. The maximum absolute atomic E-state index is 11.5. The van der Waals surface area contributed by atoms with Crippen molar-refractivity contribution in [3.63, 3.8) is 0 Å². The molecule has 0 unspecified atom stereocenters. The molecule has 0 fully saturated rings. The number of benzene rings is 1. The number of thioether (sulfide) groups is 1. The van der Waals surface area contributed by atoms with Crippen LogP contribution in [0.4, 0.5) is 0 Å². The Morgan fingerprint density at radius 3 is 2.38 bits per heavy atom. The summed E-state index contributed by atoms with van der Waals surface area (Å²) < 4.78 is 5.13. The molecule has 0 N–H and O–H groups in total. The van der Waals surface area contributed by atoms with E-state index in [1.807, 2.05) is 45.0 Å². The van der Waals surface area contributed by atoms with E-state index < -0.39 is 5.41 Å². The summed E-state index contributed by atoms with van der Waals surface area (Å²) in [6.07, 6.45) is 0. The monoisotopic (exact) mass is 258 g/mol. The molecule has 0 spiro atoms. The van der Waals surface area contributed by atoms with E-state index in [9.17, 15) is 4.79 Å². The van der Waals surface area contributed by atoms with Crippen LogP contribution in [0.2, 0.25) is 5.02 Å². The molecule has 1 rings (SSSR count). The largest absolute Gasteiger partial charge is 0.454 e. The number of hydrogen-bond acceptors (Lipinski definition) is 3. The third-order valence-corrected chi connectivity index (χ3v) is 2.93. The number of ether oxygens (including phenoxy) is 1. The fraction of sp³-hybridized carbons (Fsp3) is 0.417. The van der Waals surface area contributed by atoms with E-state index in [0.717, 1.165) is 4.90 Å². The van der Waals surface area contributed by atoms with Gasteiger partial charge in [0, 0.05) is 9.92 Å². The summed E-state index contributed by atoms with van der Waals surface area (Å²) in [5.74, 6) is 0.145. The average molecular weight is 259 g/mol. The Morgan fingerprint density at radius 2 is 1.88 bits per heavy atom. The molecule has 0 bridgehead atoms. The molecule has 0 saturated heterocycles. The van der Waals surface area contributed by atoms with Gasteiger partial charge in [-0.1, -0.05) is 23.4 Å². The van der Waals surface area contributed by atoms with Crippen molar-refractivity contribution in [2.75, 3.05) is 5.94 Å². The molecule has 0 aliphatic rings. The van der Waals surface area contributed by atoms with Gasteiger partial charge in [-0.05, 0) is 45.0 Å². The van der Waals surface area contributed by atoms with Gasteiger partial charge in [-0.25, -0.2) is 0 Å². The summed E-state index contributed by atoms with van der Waals surface area (Å²) in [7, 11) is 0. The van der Waals surface area contributed by atoms with Crippen LogP contribution in [-0.2, 0) is 9.53 Å². The second-order valence-corrected chi connectivity index (χ2v) is 5.83. The Bertz CT molecular complexity index is 354. The first-order valence-electron chi connectivity index (χ1n) is 4.95. The van der Waals surface area contributed by atoms with Gasteiger partial charge in [0.2, 0.25) is 0 Å². The molecule has 0 aliphatic heterocycles. The van der Waals surface area contributed by atoms with E-state index >= 15 is 0 Å². The van der Waals surface area contributed by atoms with Gasteiger partial charge in [0.15, 0.2) is 0 Å². The summed E-state index contributed by atoms with van der Waals surface area (Å²) in [6.45, 7) is 5.51. The summed E-state index contributed by atoms with van der Waals surface area (Å²) in [4.78, 5) is 12.5. The maximum atomic E-state index is 11.5. The number of carbonyl (C=O) groups excluding carboxylic acids is 1. The van der Waals surface area contributed by atoms with Crippen LogP contribution < -0.4 is 0 Å². The molecule has 0 saturated carbocycles. The quantitative estimate of drug-likeness (QED) is 0.466. The molecular weight excluding hydrogens is 244 g/mol. The lowest BCUT2D eigenvalue weighted by Crippen LogP contribution is -2.22. The van der Waals surface area contributed by atoms with E-state index in [4.69, 9.17) is 16.3 Å². The summed E-state index contributed by atoms with van der Waals surface area (Å²) >= 11 is 7.23. The van der Waals surface area contributed by atoms with Gasteiger partial charge in [-0.2, -0.15) is 0 Å². The van der Waals surface area contributed by atoms with Crippen molar-refractivity contribution in [2.45, 2.75) is 25.7 Å². The Labute approximate surface area is 105 Å². The van der Waals surface area contributed by atoms with Gasteiger partial charge in [0.25, 0.3) is 0 Å². The normalized spacial score (nSPS) is 11.2. The van der Waals surface area contributed by atoms with Gasteiger partial charge in [0.05, 0.1) is 5.41 Å². The van der Waals surface area contributed by atoms with E-state index in [1.165, 1.54) is 11.8 Å². The highest BCUT2D eigenvalue weighted by Gasteiger charge is 2.22. The minimum absolute atomic E-state index is 0.186. The van der Waals surface area contributed by atoms with Crippen molar-refractivity contribution in [1.29, 1.82) is 0 Å². The molecule has 0 amide bonds. The van der Waals surface area contributed by atoms with Crippen LogP contribution in [0.1, 0.15) is 20.8 Å². The van der Waals surface area contributed by atoms with Gasteiger partial charge >= 0.3 is 5.97 Å². The van der Waals surface area contributed by atoms with Crippen LogP contribution in [0.15, 0.2) is 29.2 Å². The molecule has 0 aliphatic carbocycles. The molecule has 0 aromatic heterocycles.